The van der Waals surface area contributed by atoms with Crippen LogP contribution in [0.4, 0.5) is 4.39 Å². The number of hydrogen-bond donors (Lipinski definition) is 1. The Hall–Kier alpha value is -0.720. The maximum absolute atomic E-state index is 13.9. The maximum atomic E-state index is 13.9. The fraction of sp³-hybridized carbons (Fsp3) is 0.917. The molecule has 0 amide bonds. The van der Waals surface area contributed by atoms with E-state index < -0.39 is 17.7 Å². The molecule has 102 valence electrons. The summed E-state index contributed by atoms with van der Waals surface area (Å²) in [5.41, 5.74) is 4.94. The molecule has 5 nitrogen and oxygen atoms in total. The summed E-state index contributed by atoms with van der Waals surface area (Å²) in [5.74, 6) is -0.655. The Kier molecular flexibility index (Phi) is 2.84. The lowest BCUT2D eigenvalue weighted by Crippen LogP contribution is -2.51. The van der Waals surface area contributed by atoms with Crippen molar-refractivity contribution in [2.24, 2.45) is 23.5 Å². The van der Waals surface area contributed by atoms with Gasteiger partial charge in [-0.2, -0.15) is 0 Å². The first-order valence-corrected chi connectivity index (χ1v) is 6.41. The van der Waals surface area contributed by atoms with Crippen LogP contribution >= 0.6 is 0 Å². The zero-order chi connectivity index (χ0) is 12.9. The highest BCUT2D eigenvalue weighted by Crippen LogP contribution is 2.64. The third kappa shape index (κ3) is 1.66. The monoisotopic (exact) mass is 259 g/mol. The second kappa shape index (κ2) is 4.15. The molecule has 2 saturated carbocycles. The molecule has 0 radical (unpaired) electrons. The van der Waals surface area contributed by atoms with E-state index >= 15 is 0 Å². The molecule has 0 aromatic rings. The smallest absolute Gasteiger partial charge is 0.326 e. The number of alkyl halides is 1. The molecular weight excluding hydrogens is 241 g/mol. The van der Waals surface area contributed by atoms with Crippen LogP contribution in [0.5, 0.6) is 0 Å². The Bertz CT molecular complexity index is 362. The number of hydrogen-bond acceptors (Lipinski definition) is 5. The summed E-state index contributed by atoms with van der Waals surface area (Å²) < 4.78 is 29.2. The van der Waals surface area contributed by atoms with E-state index in [1.165, 1.54) is 0 Å². The summed E-state index contributed by atoms with van der Waals surface area (Å²) in [4.78, 5) is 11.9. The second-order valence-electron chi connectivity index (χ2n) is 5.36. The van der Waals surface area contributed by atoms with Gasteiger partial charge in [0.2, 0.25) is 0 Å². The number of carbonyl (C=O) groups is 1. The van der Waals surface area contributed by atoms with Gasteiger partial charge in [0.05, 0.1) is 6.61 Å². The molecule has 2 N–H and O–H groups in total. The van der Waals surface area contributed by atoms with Crippen LogP contribution in [0.2, 0.25) is 0 Å². The molecule has 5 atom stereocenters. The van der Waals surface area contributed by atoms with Crippen LogP contribution in [0, 0.1) is 17.8 Å². The lowest BCUT2D eigenvalue weighted by Gasteiger charge is -2.30. The van der Waals surface area contributed by atoms with Gasteiger partial charge in [-0.05, 0) is 24.7 Å². The fourth-order valence-electron chi connectivity index (χ4n) is 3.53. The number of fused-ring (bicyclic) bond motifs is 1. The Labute approximate surface area is 105 Å². The van der Waals surface area contributed by atoms with Crippen molar-refractivity contribution in [1.82, 2.24) is 0 Å². The van der Waals surface area contributed by atoms with Crippen molar-refractivity contribution in [1.29, 1.82) is 0 Å². The molecule has 1 saturated heterocycles. The van der Waals surface area contributed by atoms with Gasteiger partial charge in [0.15, 0.2) is 13.1 Å². The first-order valence-electron chi connectivity index (χ1n) is 6.41. The van der Waals surface area contributed by atoms with Gasteiger partial charge in [0.1, 0.15) is 11.7 Å². The van der Waals surface area contributed by atoms with Crippen LogP contribution in [-0.4, -0.2) is 37.4 Å². The highest BCUT2D eigenvalue weighted by molar-refractivity contribution is 5.82. The molecule has 0 spiro atoms. The standard InChI is InChI=1S/C12H18FNO4/c1-2-16-11(15)12(14)4-7(13)9-6(10(9)12)3-8-17-5-18-8/h6-10H,2-5,14H2,1H3/t6-,7+,9+,10+,12-/m0/s1. The first-order chi connectivity index (χ1) is 8.58. The minimum Gasteiger partial charge on any atom is -0.465 e. The zero-order valence-corrected chi connectivity index (χ0v) is 10.3. The van der Waals surface area contributed by atoms with Crippen molar-refractivity contribution < 1.29 is 23.4 Å². The van der Waals surface area contributed by atoms with Gasteiger partial charge in [0, 0.05) is 12.8 Å². The number of nitrogens with two attached hydrogens (primary N) is 1. The topological polar surface area (TPSA) is 70.8 Å². The molecule has 0 bridgehead atoms. The lowest BCUT2D eigenvalue weighted by atomic mass is 9.90. The van der Waals surface area contributed by atoms with Crippen molar-refractivity contribution in [3.8, 4) is 0 Å². The molecule has 0 aromatic heterocycles. The predicted molar refractivity (Wildman–Crippen MR) is 59.0 cm³/mol. The predicted octanol–water partition coefficient (Wildman–Crippen LogP) is 0.571. The van der Waals surface area contributed by atoms with Gasteiger partial charge in [-0.1, -0.05) is 0 Å². The van der Waals surface area contributed by atoms with E-state index in [1.807, 2.05) is 0 Å². The molecule has 2 aliphatic carbocycles. The van der Waals surface area contributed by atoms with Crippen LogP contribution in [0.1, 0.15) is 19.8 Å². The molecule has 3 aliphatic rings. The number of halogens is 1. The van der Waals surface area contributed by atoms with Crippen molar-refractivity contribution in [3.05, 3.63) is 0 Å². The van der Waals surface area contributed by atoms with Gasteiger partial charge in [-0.3, -0.25) is 4.79 Å². The quantitative estimate of drug-likeness (QED) is 0.747. The third-order valence-electron chi connectivity index (χ3n) is 4.40. The van der Waals surface area contributed by atoms with Gasteiger partial charge in [-0.15, -0.1) is 0 Å². The molecule has 18 heavy (non-hydrogen) atoms. The van der Waals surface area contributed by atoms with Crippen LogP contribution in [0.15, 0.2) is 0 Å². The molecule has 0 unspecified atom stereocenters. The first kappa shape index (κ1) is 12.3. The van der Waals surface area contributed by atoms with E-state index in [2.05, 4.69) is 0 Å². The largest absolute Gasteiger partial charge is 0.465 e. The minimum atomic E-state index is -1.16. The molecule has 0 aromatic carbocycles. The molecular formula is C12H18FNO4. The Morgan fingerprint density at radius 1 is 1.56 bits per heavy atom. The summed E-state index contributed by atoms with van der Waals surface area (Å²) in [7, 11) is 0. The number of ether oxygens (including phenoxy) is 3. The average Bonchev–Trinajstić information content (AvgIpc) is 2.91. The zero-order valence-electron chi connectivity index (χ0n) is 10.3. The maximum Gasteiger partial charge on any atom is 0.326 e. The van der Waals surface area contributed by atoms with E-state index in [-0.39, 0.29) is 37.1 Å². The summed E-state index contributed by atoms with van der Waals surface area (Å²) >= 11 is 0. The summed E-state index contributed by atoms with van der Waals surface area (Å²) in [6, 6.07) is 0. The van der Waals surface area contributed by atoms with Crippen molar-refractivity contribution in [3.63, 3.8) is 0 Å². The van der Waals surface area contributed by atoms with Crippen LogP contribution in [0.25, 0.3) is 0 Å². The van der Waals surface area contributed by atoms with E-state index in [0.29, 0.717) is 13.2 Å². The average molecular weight is 259 g/mol. The molecule has 1 aliphatic heterocycles. The van der Waals surface area contributed by atoms with E-state index in [1.54, 1.807) is 6.92 Å². The fourth-order valence-corrected chi connectivity index (χ4v) is 3.53. The summed E-state index contributed by atoms with van der Waals surface area (Å²) in [6.07, 6.45) is -0.577. The highest BCUT2D eigenvalue weighted by atomic mass is 19.1. The SMILES string of the molecule is CCOC(=O)[C@]1(N)C[C@@H](F)[C@H]2[C@H](CC3OCO3)[C@H]21. The number of esters is 1. The van der Waals surface area contributed by atoms with Crippen molar-refractivity contribution in [2.75, 3.05) is 13.4 Å². The van der Waals surface area contributed by atoms with Crippen LogP contribution < -0.4 is 5.73 Å². The Morgan fingerprint density at radius 3 is 2.83 bits per heavy atom. The second-order valence-corrected chi connectivity index (χ2v) is 5.36. The summed E-state index contributed by atoms with van der Waals surface area (Å²) in [5, 5.41) is 0. The normalized spacial score (nSPS) is 46.4. The van der Waals surface area contributed by atoms with Crippen LogP contribution in [0.3, 0.4) is 0 Å². The Balaban J connectivity index is 1.68. The van der Waals surface area contributed by atoms with Gasteiger partial charge < -0.3 is 19.9 Å². The lowest BCUT2D eigenvalue weighted by molar-refractivity contribution is -0.324. The molecule has 3 fully saturated rings. The number of carbonyl (C=O) groups excluding carboxylic acids is 1. The van der Waals surface area contributed by atoms with Crippen molar-refractivity contribution in [2.45, 2.75) is 37.8 Å². The third-order valence-corrected chi connectivity index (χ3v) is 4.40. The van der Waals surface area contributed by atoms with Gasteiger partial charge in [0.25, 0.3) is 0 Å². The van der Waals surface area contributed by atoms with Gasteiger partial charge >= 0.3 is 5.97 Å². The van der Waals surface area contributed by atoms with E-state index in [9.17, 15) is 9.18 Å². The highest BCUT2D eigenvalue weighted by Gasteiger charge is 2.72. The van der Waals surface area contributed by atoms with Crippen molar-refractivity contribution >= 4 is 5.97 Å². The molecule has 1 heterocycles. The van der Waals surface area contributed by atoms with E-state index in [4.69, 9.17) is 19.9 Å². The van der Waals surface area contributed by atoms with Gasteiger partial charge in [-0.25, -0.2) is 4.39 Å². The van der Waals surface area contributed by atoms with Crippen LogP contribution in [-0.2, 0) is 19.0 Å². The summed E-state index contributed by atoms with van der Waals surface area (Å²) in [6.45, 7) is 2.30. The number of rotatable bonds is 4. The molecule has 3 rings (SSSR count). The molecule has 6 heteroatoms. The van der Waals surface area contributed by atoms with E-state index in [0.717, 1.165) is 0 Å². The minimum absolute atomic E-state index is 0.0735. The Morgan fingerprint density at radius 2 is 2.28 bits per heavy atom.